The van der Waals surface area contributed by atoms with Crippen LogP contribution >= 0.6 is 0 Å². The molecule has 194 valence electrons. The second-order valence-electron chi connectivity index (χ2n) is 9.12. The van der Waals surface area contributed by atoms with E-state index in [9.17, 15) is 14.4 Å². The molecule has 0 spiro atoms. The molecule has 2 aromatic carbocycles. The van der Waals surface area contributed by atoms with E-state index in [1.165, 1.54) is 12.1 Å². The number of amides is 2. The molecule has 0 aliphatic carbocycles. The molecule has 1 aliphatic rings. The fraction of sp³-hybridized carbons (Fsp3) is 0.444. The minimum atomic E-state index is -1.23. The summed E-state index contributed by atoms with van der Waals surface area (Å²) in [7, 11) is 3.14. The van der Waals surface area contributed by atoms with Crippen molar-refractivity contribution in [1.82, 2.24) is 4.90 Å². The zero-order valence-corrected chi connectivity index (χ0v) is 21.2. The van der Waals surface area contributed by atoms with Crippen LogP contribution in [-0.4, -0.2) is 61.7 Å². The molecule has 0 aromatic heterocycles. The summed E-state index contributed by atoms with van der Waals surface area (Å²) >= 11 is 0. The zero-order valence-electron chi connectivity index (χ0n) is 21.2. The number of carbonyl (C=O) groups excluding carboxylic acids is 3. The van der Waals surface area contributed by atoms with Gasteiger partial charge in [0.05, 0.1) is 20.8 Å². The van der Waals surface area contributed by atoms with Crippen molar-refractivity contribution in [3.05, 3.63) is 53.6 Å². The SMILES string of the molecule is COc1ccc(CCOC(=O)C2CCCCN2C(=O)C(C)(C)Oc2ccc(C(N)=O)cc2)cc1OC. The van der Waals surface area contributed by atoms with Crippen molar-refractivity contribution in [2.24, 2.45) is 5.73 Å². The van der Waals surface area contributed by atoms with E-state index in [-0.39, 0.29) is 12.5 Å². The summed E-state index contributed by atoms with van der Waals surface area (Å²) in [6.07, 6.45) is 2.66. The molecule has 0 radical (unpaired) electrons. The van der Waals surface area contributed by atoms with E-state index in [0.29, 0.717) is 42.2 Å². The number of benzene rings is 2. The average Bonchev–Trinajstić information content (AvgIpc) is 2.88. The summed E-state index contributed by atoms with van der Waals surface area (Å²) in [5.74, 6) is 0.385. The van der Waals surface area contributed by atoms with Crippen LogP contribution in [0.2, 0.25) is 0 Å². The van der Waals surface area contributed by atoms with Crippen molar-refractivity contribution in [2.45, 2.75) is 51.2 Å². The van der Waals surface area contributed by atoms with Gasteiger partial charge in [-0.25, -0.2) is 4.79 Å². The summed E-state index contributed by atoms with van der Waals surface area (Å²) in [6.45, 7) is 3.94. The maximum absolute atomic E-state index is 13.4. The normalized spacial score (nSPS) is 15.7. The van der Waals surface area contributed by atoms with Gasteiger partial charge in [0.15, 0.2) is 17.1 Å². The molecule has 9 heteroatoms. The van der Waals surface area contributed by atoms with Crippen molar-refractivity contribution in [3.63, 3.8) is 0 Å². The molecule has 1 saturated heterocycles. The highest BCUT2D eigenvalue weighted by atomic mass is 16.5. The average molecular weight is 499 g/mol. The maximum atomic E-state index is 13.4. The van der Waals surface area contributed by atoms with Gasteiger partial charge in [-0.3, -0.25) is 9.59 Å². The van der Waals surface area contributed by atoms with Crippen molar-refractivity contribution in [3.8, 4) is 17.2 Å². The molecular formula is C27H34N2O7. The third kappa shape index (κ3) is 6.47. The molecule has 1 heterocycles. The molecule has 2 N–H and O–H groups in total. The highest BCUT2D eigenvalue weighted by molar-refractivity contribution is 5.93. The Morgan fingerprint density at radius 1 is 1.00 bits per heavy atom. The van der Waals surface area contributed by atoms with Crippen LogP contribution in [0.3, 0.4) is 0 Å². The molecular weight excluding hydrogens is 464 g/mol. The van der Waals surface area contributed by atoms with Gasteiger partial charge in [-0.15, -0.1) is 0 Å². The molecule has 36 heavy (non-hydrogen) atoms. The lowest BCUT2D eigenvalue weighted by Crippen LogP contribution is -2.56. The first-order valence-electron chi connectivity index (χ1n) is 11.9. The van der Waals surface area contributed by atoms with Gasteiger partial charge in [-0.2, -0.15) is 0 Å². The highest BCUT2D eigenvalue weighted by Gasteiger charge is 2.41. The molecule has 1 fully saturated rings. The van der Waals surface area contributed by atoms with E-state index in [1.54, 1.807) is 51.2 Å². The van der Waals surface area contributed by atoms with Crippen molar-refractivity contribution < 1.29 is 33.3 Å². The number of carbonyl (C=O) groups is 3. The van der Waals surface area contributed by atoms with E-state index in [1.807, 2.05) is 12.1 Å². The largest absolute Gasteiger partial charge is 0.493 e. The Hall–Kier alpha value is -3.75. The van der Waals surface area contributed by atoms with Gasteiger partial charge in [-0.1, -0.05) is 6.07 Å². The summed E-state index contributed by atoms with van der Waals surface area (Å²) in [5.41, 5.74) is 5.33. The molecule has 0 bridgehead atoms. The number of ether oxygens (including phenoxy) is 4. The number of hydrogen-bond acceptors (Lipinski definition) is 7. The first-order valence-corrected chi connectivity index (χ1v) is 11.9. The fourth-order valence-electron chi connectivity index (χ4n) is 4.19. The van der Waals surface area contributed by atoms with E-state index in [4.69, 9.17) is 24.7 Å². The monoisotopic (exact) mass is 498 g/mol. The minimum absolute atomic E-state index is 0.180. The lowest BCUT2D eigenvalue weighted by Gasteiger charge is -2.38. The number of likely N-dealkylation sites (tertiary alicyclic amines) is 1. The van der Waals surface area contributed by atoms with E-state index in [2.05, 4.69) is 0 Å². The van der Waals surface area contributed by atoms with Gasteiger partial charge >= 0.3 is 5.97 Å². The Balaban J connectivity index is 1.62. The molecule has 2 aromatic rings. The third-order valence-electron chi connectivity index (χ3n) is 6.15. The minimum Gasteiger partial charge on any atom is -0.493 e. The van der Waals surface area contributed by atoms with E-state index >= 15 is 0 Å². The number of nitrogens with zero attached hydrogens (tertiary/aromatic N) is 1. The number of primary amides is 1. The number of methoxy groups -OCH3 is 2. The Labute approximate surface area is 211 Å². The Kier molecular flexibility index (Phi) is 8.79. The number of nitrogens with two attached hydrogens (primary N) is 1. The molecule has 1 unspecified atom stereocenters. The number of piperidine rings is 1. The first kappa shape index (κ1) is 26.8. The molecule has 1 atom stereocenters. The predicted molar refractivity (Wildman–Crippen MR) is 133 cm³/mol. The lowest BCUT2D eigenvalue weighted by atomic mass is 9.98. The first-order chi connectivity index (χ1) is 17.2. The van der Waals surface area contributed by atoms with Crippen molar-refractivity contribution >= 4 is 17.8 Å². The van der Waals surface area contributed by atoms with E-state index in [0.717, 1.165) is 18.4 Å². The van der Waals surface area contributed by atoms with Crippen LogP contribution in [0.4, 0.5) is 0 Å². The van der Waals surface area contributed by atoms with Crippen molar-refractivity contribution in [2.75, 3.05) is 27.4 Å². The summed E-state index contributed by atoms with van der Waals surface area (Å²) in [5, 5.41) is 0. The van der Waals surface area contributed by atoms with Gasteiger partial charge in [-0.05, 0) is 75.1 Å². The number of esters is 1. The van der Waals surface area contributed by atoms with Crippen LogP contribution in [0, 0.1) is 0 Å². The number of hydrogen-bond donors (Lipinski definition) is 1. The van der Waals surface area contributed by atoms with Gasteiger partial charge < -0.3 is 29.6 Å². The molecule has 0 saturated carbocycles. The fourth-order valence-corrected chi connectivity index (χ4v) is 4.19. The maximum Gasteiger partial charge on any atom is 0.328 e. The highest BCUT2D eigenvalue weighted by Crippen LogP contribution is 2.28. The molecule has 9 nitrogen and oxygen atoms in total. The summed E-state index contributed by atoms with van der Waals surface area (Å²) in [6, 6.07) is 11.1. The molecule has 3 rings (SSSR count). The van der Waals surface area contributed by atoms with Crippen LogP contribution in [-0.2, 0) is 20.7 Å². The predicted octanol–water partition coefficient (Wildman–Crippen LogP) is 3.13. The molecule has 2 amide bonds. The summed E-state index contributed by atoms with van der Waals surface area (Å²) in [4.78, 5) is 39.2. The van der Waals surface area contributed by atoms with Crippen LogP contribution in [0.25, 0.3) is 0 Å². The lowest BCUT2D eigenvalue weighted by molar-refractivity contribution is -0.162. The van der Waals surface area contributed by atoms with Gasteiger partial charge in [0.2, 0.25) is 5.91 Å². The topological polar surface area (TPSA) is 117 Å². The standard InChI is InChI=1S/C27H34N2O7/c1-27(2,36-20-11-9-19(10-12-20)24(28)30)26(32)29-15-6-5-7-21(29)25(31)35-16-14-18-8-13-22(33-3)23(17-18)34-4/h8-13,17,21H,5-7,14-16H2,1-4H3,(H2,28,30). The Bertz CT molecular complexity index is 1080. The van der Waals surface area contributed by atoms with Gasteiger partial charge in [0.1, 0.15) is 11.8 Å². The molecule has 1 aliphatic heterocycles. The van der Waals surface area contributed by atoms with Gasteiger partial charge in [0.25, 0.3) is 5.91 Å². The Morgan fingerprint density at radius 3 is 2.33 bits per heavy atom. The second-order valence-corrected chi connectivity index (χ2v) is 9.12. The third-order valence-corrected chi connectivity index (χ3v) is 6.15. The van der Waals surface area contributed by atoms with Crippen LogP contribution in [0.15, 0.2) is 42.5 Å². The smallest absolute Gasteiger partial charge is 0.328 e. The quantitative estimate of drug-likeness (QED) is 0.500. The van der Waals surface area contributed by atoms with Gasteiger partial charge in [0, 0.05) is 18.5 Å². The van der Waals surface area contributed by atoms with Crippen molar-refractivity contribution in [1.29, 1.82) is 0 Å². The van der Waals surface area contributed by atoms with Crippen LogP contribution in [0.1, 0.15) is 49.0 Å². The Morgan fingerprint density at radius 2 is 1.69 bits per heavy atom. The summed E-state index contributed by atoms with van der Waals surface area (Å²) < 4.78 is 22.1. The zero-order chi connectivity index (χ0) is 26.3. The van der Waals surface area contributed by atoms with Crippen LogP contribution in [0.5, 0.6) is 17.2 Å². The van der Waals surface area contributed by atoms with Crippen LogP contribution < -0.4 is 19.9 Å². The van der Waals surface area contributed by atoms with E-state index < -0.39 is 23.5 Å². The second kappa shape index (κ2) is 11.8. The number of rotatable bonds is 10.